The van der Waals surface area contributed by atoms with Gasteiger partial charge in [-0.05, 0) is 47.3 Å². The van der Waals surface area contributed by atoms with Gasteiger partial charge in [-0.2, -0.15) is 0 Å². The Balaban J connectivity index is 2.29. The van der Waals surface area contributed by atoms with Crippen molar-refractivity contribution in [3.8, 4) is 5.75 Å². The van der Waals surface area contributed by atoms with Crippen molar-refractivity contribution < 1.29 is 19.0 Å². The maximum atomic E-state index is 13.5. The Labute approximate surface area is 118 Å². The van der Waals surface area contributed by atoms with Gasteiger partial charge in [-0.1, -0.05) is 0 Å². The molecule has 0 heterocycles. The van der Waals surface area contributed by atoms with Gasteiger partial charge in [0.2, 0.25) is 0 Å². The quantitative estimate of drug-likeness (QED) is 0.869. The van der Waals surface area contributed by atoms with E-state index >= 15 is 0 Å². The molecule has 0 aromatic heterocycles. The smallest absolute Gasteiger partial charge is 0.305 e. The first-order valence-electron chi connectivity index (χ1n) is 6.10. The van der Waals surface area contributed by atoms with Crippen LogP contribution in [0.4, 0.5) is 4.39 Å². The van der Waals surface area contributed by atoms with Crippen LogP contribution >= 0.6 is 15.9 Å². The Bertz CT molecular complexity index is 491. The summed E-state index contributed by atoms with van der Waals surface area (Å²) >= 11 is 3.25. The van der Waals surface area contributed by atoms with E-state index in [0.29, 0.717) is 15.8 Å². The average molecular weight is 332 g/mol. The van der Waals surface area contributed by atoms with Crippen molar-refractivity contribution in [1.82, 2.24) is 0 Å². The fraction of sp³-hybridized carbons (Fsp3) is 0.462. The second kappa shape index (κ2) is 5.88. The molecule has 6 heteroatoms. The molecular weight excluding hydrogens is 317 g/mol. The number of carboxylic acid groups (broad SMARTS) is 1. The molecule has 0 aliphatic heterocycles. The highest BCUT2D eigenvalue weighted by atomic mass is 79.9. The van der Waals surface area contributed by atoms with Crippen LogP contribution < -0.4 is 10.5 Å². The molecule has 104 valence electrons. The highest BCUT2D eigenvalue weighted by Crippen LogP contribution is 2.37. The molecule has 1 fully saturated rings. The van der Waals surface area contributed by atoms with Gasteiger partial charge in [0.1, 0.15) is 11.6 Å². The number of hydrogen-bond donors (Lipinski definition) is 2. The van der Waals surface area contributed by atoms with Gasteiger partial charge in [-0.25, -0.2) is 4.39 Å². The van der Waals surface area contributed by atoms with Crippen molar-refractivity contribution in [1.29, 1.82) is 0 Å². The molecule has 1 aromatic rings. The first kappa shape index (κ1) is 14.3. The molecule has 1 unspecified atom stereocenters. The summed E-state index contributed by atoms with van der Waals surface area (Å²) in [6.07, 6.45) is 2.86. The summed E-state index contributed by atoms with van der Waals surface area (Å²) in [6, 6.07) is 1.75. The second-order valence-electron chi connectivity index (χ2n) is 4.68. The van der Waals surface area contributed by atoms with Crippen LogP contribution in [0.1, 0.15) is 37.3 Å². The standard InChI is InChI=1S/C13H15BrFNO3/c14-10-5-7(15)4-9(11(16)6-12(17)18)13(10)19-8-2-1-3-8/h4-5,8,11H,1-3,6,16H2,(H,17,18). The molecular formula is C13H15BrFNO3. The molecule has 4 nitrogen and oxygen atoms in total. The Kier molecular flexibility index (Phi) is 4.42. The van der Waals surface area contributed by atoms with Gasteiger partial charge in [-0.15, -0.1) is 0 Å². The van der Waals surface area contributed by atoms with E-state index in [2.05, 4.69) is 15.9 Å². The fourth-order valence-electron chi connectivity index (χ4n) is 1.93. The number of carbonyl (C=O) groups is 1. The Hall–Kier alpha value is -1.14. The van der Waals surface area contributed by atoms with Gasteiger partial charge >= 0.3 is 5.97 Å². The van der Waals surface area contributed by atoms with Crippen LogP contribution in [0.5, 0.6) is 5.75 Å². The van der Waals surface area contributed by atoms with Crippen molar-refractivity contribution in [2.24, 2.45) is 5.73 Å². The topological polar surface area (TPSA) is 72.6 Å². The van der Waals surface area contributed by atoms with Crippen LogP contribution in [0.2, 0.25) is 0 Å². The third-order valence-electron chi connectivity index (χ3n) is 3.17. The van der Waals surface area contributed by atoms with Crippen LogP contribution in [0.25, 0.3) is 0 Å². The largest absolute Gasteiger partial charge is 0.489 e. The Morgan fingerprint density at radius 2 is 2.26 bits per heavy atom. The first-order valence-corrected chi connectivity index (χ1v) is 6.89. The third kappa shape index (κ3) is 3.45. The second-order valence-corrected chi connectivity index (χ2v) is 5.54. The maximum absolute atomic E-state index is 13.5. The lowest BCUT2D eigenvalue weighted by atomic mass is 9.95. The van der Waals surface area contributed by atoms with Crippen molar-refractivity contribution >= 4 is 21.9 Å². The first-order chi connectivity index (χ1) is 8.97. The summed E-state index contributed by atoms with van der Waals surface area (Å²) in [7, 11) is 0. The summed E-state index contributed by atoms with van der Waals surface area (Å²) in [5.74, 6) is -1.04. The fourth-order valence-corrected chi connectivity index (χ4v) is 2.47. The van der Waals surface area contributed by atoms with E-state index in [-0.39, 0.29) is 12.5 Å². The Morgan fingerprint density at radius 1 is 1.58 bits per heavy atom. The molecule has 1 saturated carbocycles. The molecule has 0 radical (unpaired) electrons. The van der Waals surface area contributed by atoms with Gasteiger partial charge in [-0.3, -0.25) is 4.79 Å². The molecule has 1 aliphatic rings. The zero-order chi connectivity index (χ0) is 14.0. The van der Waals surface area contributed by atoms with E-state index < -0.39 is 17.8 Å². The van der Waals surface area contributed by atoms with E-state index in [0.717, 1.165) is 19.3 Å². The molecule has 0 spiro atoms. The highest BCUT2D eigenvalue weighted by Gasteiger charge is 2.25. The van der Waals surface area contributed by atoms with Crippen LogP contribution in [0, 0.1) is 5.82 Å². The average Bonchev–Trinajstić information content (AvgIpc) is 2.23. The molecule has 3 N–H and O–H groups in total. The number of carboxylic acids is 1. The lowest BCUT2D eigenvalue weighted by Gasteiger charge is -2.29. The van der Waals surface area contributed by atoms with E-state index in [9.17, 15) is 9.18 Å². The molecule has 0 amide bonds. The van der Waals surface area contributed by atoms with Crippen LogP contribution in [-0.2, 0) is 4.79 Å². The van der Waals surface area contributed by atoms with E-state index in [4.69, 9.17) is 15.6 Å². The van der Waals surface area contributed by atoms with Gasteiger partial charge < -0.3 is 15.6 Å². The van der Waals surface area contributed by atoms with E-state index in [1.54, 1.807) is 0 Å². The Morgan fingerprint density at radius 3 is 2.79 bits per heavy atom. The highest BCUT2D eigenvalue weighted by molar-refractivity contribution is 9.10. The van der Waals surface area contributed by atoms with Crippen molar-refractivity contribution in [3.63, 3.8) is 0 Å². The number of benzene rings is 1. The SMILES string of the molecule is NC(CC(=O)O)c1cc(F)cc(Br)c1OC1CCC1. The zero-order valence-electron chi connectivity index (χ0n) is 10.2. The minimum atomic E-state index is -1.03. The normalized spacial score (nSPS) is 16.8. The van der Waals surface area contributed by atoms with Crippen LogP contribution in [-0.4, -0.2) is 17.2 Å². The summed E-state index contributed by atoms with van der Waals surface area (Å²) in [5.41, 5.74) is 6.21. The minimum Gasteiger partial charge on any atom is -0.489 e. The third-order valence-corrected chi connectivity index (χ3v) is 3.76. The van der Waals surface area contributed by atoms with Gasteiger partial charge in [0, 0.05) is 11.6 Å². The molecule has 1 aromatic carbocycles. The number of rotatable bonds is 5. The molecule has 19 heavy (non-hydrogen) atoms. The zero-order valence-corrected chi connectivity index (χ0v) is 11.8. The molecule has 1 aliphatic carbocycles. The number of nitrogens with two attached hydrogens (primary N) is 1. The minimum absolute atomic E-state index is 0.109. The summed E-state index contributed by atoms with van der Waals surface area (Å²) in [6.45, 7) is 0. The van der Waals surface area contributed by atoms with Gasteiger partial charge in [0.05, 0.1) is 17.0 Å². The molecule has 2 rings (SSSR count). The predicted molar refractivity (Wildman–Crippen MR) is 71.5 cm³/mol. The summed E-state index contributed by atoms with van der Waals surface area (Å²) in [4.78, 5) is 10.7. The van der Waals surface area contributed by atoms with Crippen LogP contribution in [0.15, 0.2) is 16.6 Å². The monoisotopic (exact) mass is 331 g/mol. The molecule has 1 atom stereocenters. The number of aliphatic carboxylic acids is 1. The van der Waals surface area contributed by atoms with Gasteiger partial charge in [0.25, 0.3) is 0 Å². The predicted octanol–water partition coefficient (Wildman–Crippen LogP) is 2.99. The number of hydrogen-bond acceptors (Lipinski definition) is 3. The summed E-state index contributed by atoms with van der Waals surface area (Å²) < 4.78 is 19.7. The summed E-state index contributed by atoms with van der Waals surface area (Å²) in [5, 5.41) is 8.79. The molecule has 0 bridgehead atoms. The maximum Gasteiger partial charge on any atom is 0.305 e. The van der Waals surface area contributed by atoms with E-state index in [1.165, 1.54) is 12.1 Å². The number of ether oxygens (including phenoxy) is 1. The van der Waals surface area contributed by atoms with Crippen molar-refractivity contribution in [3.05, 3.63) is 28.0 Å². The number of halogens is 2. The van der Waals surface area contributed by atoms with E-state index in [1.807, 2.05) is 0 Å². The lowest BCUT2D eigenvalue weighted by molar-refractivity contribution is -0.137. The molecule has 0 saturated heterocycles. The van der Waals surface area contributed by atoms with Crippen molar-refractivity contribution in [2.45, 2.75) is 37.8 Å². The van der Waals surface area contributed by atoms with Crippen molar-refractivity contribution in [2.75, 3.05) is 0 Å². The lowest BCUT2D eigenvalue weighted by Crippen LogP contribution is -2.26. The van der Waals surface area contributed by atoms with Crippen LogP contribution in [0.3, 0.4) is 0 Å². The van der Waals surface area contributed by atoms with Gasteiger partial charge in [0.15, 0.2) is 0 Å².